The van der Waals surface area contributed by atoms with E-state index >= 15 is 0 Å². The number of nitrogen functional groups attached to an aromatic ring is 1. The second kappa shape index (κ2) is 10.6. The molecular formula is C25H32F3N5O2. The standard InChI is InChI=1S/C25H32F3N5O2/c1-2-24(34)33-13-11-32(12-14-33)23-16-20(9-10-30-23)35-19-6-3-17(4-7-19)31-18-5-8-22(29)21(15-18)25(26,27)28/h5,8-10,15-17,19,31H,2-4,6-7,11-14,29H2,1H3. The maximum atomic E-state index is 13.1. The van der Waals surface area contributed by atoms with Gasteiger partial charge in [0.15, 0.2) is 0 Å². The van der Waals surface area contributed by atoms with Crippen LogP contribution in [0.2, 0.25) is 0 Å². The van der Waals surface area contributed by atoms with Crippen LogP contribution in [0.4, 0.5) is 30.4 Å². The Bertz CT molecular complexity index is 1020. The van der Waals surface area contributed by atoms with Gasteiger partial charge in [-0.05, 0) is 49.9 Å². The van der Waals surface area contributed by atoms with Crippen LogP contribution in [0.5, 0.6) is 5.75 Å². The maximum Gasteiger partial charge on any atom is 0.418 e. The fourth-order valence-electron chi connectivity index (χ4n) is 4.70. The number of aromatic nitrogens is 1. The first-order chi connectivity index (χ1) is 16.7. The lowest BCUT2D eigenvalue weighted by atomic mass is 9.92. The number of hydrogen-bond donors (Lipinski definition) is 2. The monoisotopic (exact) mass is 491 g/mol. The number of ether oxygens (including phenoxy) is 1. The number of piperazine rings is 1. The molecular weight excluding hydrogens is 459 g/mol. The Hall–Kier alpha value is -3.17. The number of carbonyl (C=O) groups is 1. The van der Waals surface area contributed by atoms with Crippen molar-refractivity contribution in [3.63, 3.8) is 0 Å². The summed E-state index contributed by atoms with van der Waals surface area (Å²) in [5.74, 6) is 1.77. The molecule has 0 bridgehead atoms. The van der Waals surface area contributed by atoms with Crippen LogP contribution in [0.25, 0.3) is 0 Å². The molecule has 1 saturated heterocycles. The summed E-state index contributed by atoms with van der Waals surface area (Å²) in [4.78, 5) is 20.4. The van der Waals surface area contributed by atoms with E-state index in [0.717, 1.165) is 56.4 Å². The summed E-state index contributed by atoms with van der Waals surface area (Å²) in [6.07, 6.45) is 1.01. The van der Waals surface area contributed by atoms with E-state index in [1.54, 1.807) is 12.3 Å². The minimum absolute atomic E-state index is 0.0412. The van der Waals surface area contributed by atoms with Gasteiger partial charge in [-0.3, -0.25) is 4.79 Å². The van der Waals surface area contributed by atoms with Crippen molar-refractivity contribution in [2.45, 2.75) is 57.3 Å². The summed E-state index contributed by atoms with van der Waals surface area (Å²) in [7, 11) is 0. The summed E-state index contributed by atoms with van der Waals surface area (Å²) in [6, 6.07) is 7.82. The van der Waals surface area contributed by atoms with E-state index in [1.807, 2.05) is 24.0 Å². The van der Waals surface area contributed by atoms with Gasteiger partial charge in [0.1, 0.15) is 11.6 Å². The number of hydrogen-bond acceptors (Lipinski definition) is 6. The molecule has 1 amide bonds. The molecule has 1 aliphatic heterocycles. The number of benzene rings is 1. The van der Waals surface area contributed by atoms with Crippen molar-refractivity contribution in [3.05, 3.63) is 42.1 Å². The van der Waals surface area contributed by atoms with Gasteiger partial charge in [0.2, 0.25) is 5.91 Å². The number of amides is 1. The number of nitrogens with one attached hydrogen (secondary N) is 1. The first-order valence-corrected chi connectivity index (χ1v) is 12.1. The van der Waals surface area contributed by atoms with Gasteiger partial charge in [-0.25, -0.2) is 4.98 Å². The SMILES string of the molecule is CCC(=O)N1CCN(c2cc(OC3CCC(Nc4ccc(N)c(C(F)(F)F)c4)CC3)ccn2)CC1. The summed E-state index contributed by atoms with van der Waals surface area (Å²) in [5.41, 5.74) is 4.84. The number of carbonyl (C=O) groups excluding carboxylic acids is 1. The fraction of sp³-hybridized carbons (Fsp3) is 0.520. The molecule has 10 heteroatoms. The van der Waals surface area contributed by atoms with Crippen LogP contribution in [0.3, 0.4) is 0 Å². The average Bonchev–Trinajstić information content (AvgIpc) is 2.85. The number of alkyl halides is 3. The van der Waals surface area contributed by atoms with Crippen LogP contribution in [-0.4, -0.2) is 54.1 Å². The lowest BCUT2D eigenvalue weighted by Crippen LogP contribution is -2.48. The van der Waals surface area contributed by atoms with Crippen molar-refractivity contribution in [1.82, 2.24) is 9.88 Å². The third-order valence-corrected chi connectivity index (χ3v) is 6.68. The molecule has 1 aromatic carbocycles. The van der Waals surface area contributed by atoms with Crippen LogP contribution in [0.1, 0.15) is 44.6 Å². The molecule has 4 rings (SSSR count). The van der Waals surface area contributed by atoms with Gasteiger partial charge in [-0.15, -0.1) is 0 Å². The summed E-state index contributed by atoms with van der Waals surface area (Å²) in [6.45, 7) is 4.73. The summed E-state index contributed by atoms with van der Waals surface area (Å²) in [5, 5.41) is 3.22. The van der Waals surface area contributed by atoms with Crippen molar-refractivity contribution < 1.29 is 22.7 Å². The Morgan fingerprint density at radius 1 is 1.11 bits per heavy atom. The topological polar surface area (TPSA) is 83.7 Å². The van der Waals surface area contributed by atoms with E-state index in [0.29, 0.717) is 25.2 Å². The Morgan fingerprint density at radius 2 is 1.83 bits per heavy atom. The highest BCUT2D eigenvalue weighted by molar-refractivity contribution is 5.76. The molecule has 2 heterocycles. The number of pyridine rings is 1. The average molecular weight is 492 g/mol. The molecule has 3 N–H and O–H groups in total. The fourth-order valence-corrected chi connectivity index (χ4v) is 4.70. The van der Waals surface area contributed by atoms with Gasteiger partial charge in [0.25, 0.3) is 0 Å². The minimum atomic E-state index is -4.48. The van der Waals surface area contributed by atoms with Crippen molar-refractivity contribution in [2.24, 2.45) is 0 Å². The quantitative estimate of drug-likeness (QED) is 0.577. The number of rotatable bonds is 6. The third-order valence-electron chi connectivity index (χ3n) is 6.68. The van der Waals surface area contributed by atoms with Crippen LogP contribution in [0, 0.1) is 0 Å². The maximum absolute atomic E-state index is 13.1. The van der Waals surface area contributed by atoms with E-state index in [4.69, 9.17) is 10.5 Å². The highest BCUT2D eigenvalue weighted by Crippen LogP contribution is 2.36. The molecule has 0 radical (unpaired) electrons. The molecule has 2 fully saturated rings. The zero-order valence-corrected chi connectivity index (χ0v) is 19.9. The van der Waals surface area contributed by atoms with Gasteiger partial charge in [-0.1, -0.05) is 6.92 Å². The largest absolute Gasteiger partial charge is 0.490 e. The van der Waals surface area contributed by atoms with E-state index in [1.165, 1.54) is 6.07 Å². The van der Waals surface area contributed by atoms with Gasteiger partial charge < -0.3 is 25.6 Å². The number of nitrogens with two attached hydrogens (primary N) is 1. The van der Waals surface area contributed by atoms with Gasteiger partial charge in [0, 0.05) is 62.3 Å². The van der Waals surface area contributed by atoms with E-state index < -0.39 is 11.7 Å². The Labute approximate surface area is 203 Å². The predicted molar refractivity (Wildman–Crippen MR) is 129 cm³/mol. The van der Waals surface area contributed by atoms with Gasteiger partial charge in [-0.2, -0.15) is 13.2 Å². The molecule has 2 aliphatic rings. The molecule has 190 valence electrons. The number of halogens is 3. The van der Waals surface area contributed by atoms with Crippen LogP contribution >= 0.6 is 0 Å². The Balaban J connectivity index is 1.28. The van der Waals surface area contributed by atoms with Crippen molar-refractivity contribution in [1.29, 1.82) is 0 Å². The molecule has 0 atom stereocenters. The second-order valence-corrected chi connectivity index (χ2v) is 9.11. The van der Waals surface area contributed by atoms with Crippen molar-refractivity contribution >= 4 is 23.1 Å². The van der Waals surface area contributed by atoms with Gasteiger partial charge in [0.05, 0.1) is 11.7 Å². The van der Waals surface area contributed by atoms with E-state index in [2.05, 4.69) is 15.2 Å². The molecule has 1 aliphatic carbocycles. The number of anilines is 3. The summed E-state index contributed by atoms with van der Waals surface area (Å²) < 4.78 is 45.6. The smallest absolute Gasteiger partial charge is 0.418 e. The predicted octanol–water partition coefficient (Wildman–Crippen LogP) is 4.54. The first kappa shape index (κ1) is 24.9. The molecule has 35 heavy (non-hydrogen) atoms. The Morgan fingerprint density at radius 3 is 2.49 bits per heavy atom. The normalized spacial score (nSPS) is 21.0. The molecule has 2 aromatic rings. The van der Waals surface area contributed by atoms with Crippen LogP contribution in [-0.2, 0) is 11.0 Å². The lowest BCUT2D eigenvalue weighted by Gasteiger charge is -2.35. The molecule has 0 unspecified atom stereocenters. The number of nitrogens with zero attached hydrogens (tertiary/aromatic N) is 3. The van der Waals surface area contributed by atoms with Crippen molar-refractivity contribution in [2.75, 3.05) is 42.1 Å². The molecule has 1 aromatic heterocycles. The zero-order chi connectivity index (χ0) is 25.0. The van der Waals surface area contributed by atoms with Crippen molar-refractivity contribution in [3.8, 4) is 5.75 Å². The highest BCUT2D eigenvalue weighted by Gasteiger charge is 2.33. The summed E-state index contributed by atoms with van der Waals surface area (Å²) >= 11 is 0. The van der Waals surface area contributed by atoms with Gasteiger partial charge >= 0.3 is 6.18 Å². The van der Waals surface area contributed by atoms with Crippen LogP contribution in [0.15, 0.2) is 36.5 Å². The Kier molecular flexibility index (Phi) is 7.57. The molecule has 0 spiro atoms. The third kappa shape index (κ3) is 6.29. The van der Waals surface area contributed by atoms with E-state index in [-0.39, 0.29) is 23.7 Å². The van der Waals surface area contributed by atoms with Crippen LogP contribution < -0.4 is 20.7 Å². The highest BCUT2D eigenvalue weighted by atomic mass is 19.4. The second-order valence-electron chi connectivity index (χ2n) is 9.11. The zero-order valence-electron chi connectivity index (χ0n) is 19.9. The lowest BCUT2D eigenvalue weighted by molar-refractivity contribution is -0.137. The minimum Gasteiger partial charge on any atom is -0.490 e. The van der Waals surface area contributed by atoms with E-state index in [9.17, 15) is 18.0 Å². The molecule has 1 saturated carbocycles. The molecule has 7 nitrogen and oxygen atoms in total. The first-order valence-electron chi connectivity index (χ1n) is 12.1.